The standard InChI is InChI=1S/C22H24N2O4/c1-5-8-27-16-7-6-13(9-17(16)26-4)19-14(12-23)21(24)28-18-11-22(2,3)10-15(25)20(18)19/h5-7,9,14,19,24H,1,8,10-11H2,2-4H3. The van der Waals surface area contributed by atoms with E-state index in [1.165, 1.54) is 7.11 Å². The van der Waals surface area contributed by atoms with Crippen molar-refractivity contribution in [1.82, 2.24) is 0 Å². The van der Waals surface area contributed by atoms with Crippen molar-refractivity contribution in [3.05, 3.63) is 47.7 Å². The molecule has 1 aromatic rings. The summed E-state index contributed by atoms with van der Waals surface area (Å²) in [6.45, 7) is 7.97. The van der Waals surface area contributed by atoms with Gasteiger partial charge in [-0.15, -0.1) is 0 Å². The molecule has 0 saturated carbocycles. The molecule has 28 heavy (non-hydrogen) atoms. The van der Waals surface area contributed by atoms with Gasteiger partial charge in [-0.05, 0) is 23.1 Å². The van der Waals surface area contributed by atoms with E-state index in [2.05, 4.69) is 12.6 Å². The highest BCUT2D eigenvalue weighted by Gasteiger charge is 2.46. The Labute approximate surface area is 164 Å². The molecule has 1 heterocycles. The molecule has 0 spiro atoms. The van der Waals surface area contributed by atoms with E-state index in [0.717, 1.165) is 5.56 Å². The molecule has 0 saturated heterocycles. The first-order chi connectivity index (χ1) is 13.3. The van der Waals surface area contributed by atoms with Crippen molar-refractivity contribution in [2.45, 2.75) is 32.6 Å². The summed E-state index contributed by atoms with van der Waals surface area (Å²) in [6, 6.07) is 7.47. The Morgan fingerprint density at radius 3 is 2.79 bits per heavy atom. The van der Waals surface area contributed by atoms with E-state index in [0.29, 0.717) is 42.3 Å². The number of carbonyl (C=O) groups excluding carboxylic acids is 1. The van der Waals surface area contributed by atoms with E-state index in [9.17, 15) is 10.1 Å². The zero-order valence-corrected chi connectivity index (χ0v) is 16.4. The topological polar surface area (TPSA) is 92.4 Å². The largest absolute Gasteiger partial charge is 0.493 e. The molecule has 1 aliphatic heterocycles. The molecular weight excluding hydrogens is 356 g/mol. The number of methoxy groups -OCH3 is 1. The number of nitrogens with one attached hydrogen (secondary N) is 1. The fourth-order valence-corrected chi connectivity index (χ4v) is 3.87. The van der Waals surface area contributed by atoms with Crippen LogP contribution in [0.15, 0.2) is 42.2 Å². The molecule has 1 N–H and O–H groups in total. The van der Waals surface area contributed by atoms with Crippen LogP contribution in [-0.4, -0.2) is 25.4 Å². The minimum atomic E-state index is -0.867. The van der Waals surface area contributed by atoms with Crippen molar-refractivity contribution < 1.29 is 19.0 Å². The SMILES string of the molecule is C=CCOc1ccc(C2C3=C(CC(C)(C)CC3=O)OC(=N)C2C#N)cc1OC. The second-order valence-electron chi connectivity index (χ2n) is 7.84. The van der Waals surface area contributed by atoms with Crippen LogP contribution >= 0.6 is 0 Å². The Kier molecular flexibility index (Phi) is 5.28. The number of hydrogen-bond donors (Lipinski definition) is 1. The van der Waals surface area contributed by atoms with Crippen LogP contribution in [0.1, 0.15) is 38.2 Å². The Bertz CT molecular complexity index is 908. The molecule has 6 heteroatoms. The molecule has 0 fully saturated rings. The van der Waals surface area contributed by atoms with Crippen LogP contribution in [0.3, 0.4) is 0 Å². The maximum atomic E-state index is 13.0. The number of rotatable bonds is 5. The number of benzene rings is 1. The third-order valence-corrected chi connectivity index (χ3v) is 5.08. The van der Waals surface area contributed by atoms with Gasteiger partial charge in [0, 0.05) is 24.3 Å². The zero-order chi connectivity index (χ0) is 20.5. The highest BCUT2D eigenvalue weighted by molar-refractivity contribution is 6.01. The second kappa shape index (κ2) is 7.51. The first-order valence-electron chi connectivity index (χ1n) is 9.15. The third-order valence-electron chi connectivity index (χ3n) is 5.08. The number of hydrogen-bond acceptors (Lipinski definition) is 6. The number of carbonyl (C=O) groups is 1. The van der Waals surface area contributed by atoms with Crippen LogP contribution in [-0.2, 0) is 9.53 Å². The summed E-state index contributed by atoms with van der Waals surface area (Å²) in [5.41, 5.74) is 0.993. The van der Waals surface area contributed by atoms with E-state index in [1.807, 2.05) is 19.9 Å². The lowest BCUT2D eigenvalue weighted by Crippen LogP contribution is -2.38. The van der Waals surface area contributed by atoms with Crippen LogP contribution in [0.4, 0.5) is 0 Å². The molecule has 1 aliphatic carbocycles. The predicted octanol–water partition coefficient (Wildman–Crippen LogP) is 4.13. The third kappa shape index (κ3) is 3.53. The highest BCUT2D eigenvalue weighted by Crippen LogP contribution is 2.48. The molecule has 6 nitrogen and oxygen atoms in total. The van der Waals surface area contributed by atoms with Gasteiger partial charge >= 0.3 is 0 Å². The second-order valence-corrected chi connectivity index (χ2v) is 7.84. The fraction of sp³-hybridized carbons (Fsp3) is 0.409. The summed E-state index contributed by atoms with van der Waals surface area (Å²) in [7, 11) is 1.53. The summed E-state index contributed by atoms with van der Waals surface area (Å²) in [5.74, 6) is -0.0287. The number of nitriles is 1. The predicted molar refractivity (Wildman–Crippen MR) is 104 cm³/mol. The van der Waals surface area contributed by atoms with Gasteiger partial charge in [0.05, 0.1) is 13.2 Å². The molecule has 146 valence electrons. The van der Waals surface area contributed by atoms with Crippen molar-refractivity contribution in [3.8, 4) is 17.6 Å². The van der Waals surface area contributed by atoms with Crippen molar-refractivity contribution in [2.75, 3.05) is 13.7 Å². The van der Waals surface area contributed by atoms with Crippen molar-refractivity contribution in [3.63, 3.8) is 0 Å². The number of nitrogens with zero attached hydrogens (tertiary/aromatic N) is 1. The summed E-state index contributed by atoms with van der Waals surface area (Å²) in [6.07, 6.45) is 2.58. The Morgan fingerprint density at radius 1 is 1.39 bits per heavy atom. The number of ether oxygens (including phenoxy) is 3. The lowest BCUT2D eigenvalue weighted by molar-refractivity contribution is -0.119. The molecule has 2 unspecified atom stereocenters. The molecule has 0 aromatic heterocycles. The summed E-state index contributed by atoms with van der Waals surface area (Å²) in [5, 5.41) is 17.9. The summed E-state index contributed by atoms with van der Waals surface area (Å²) in [4.78, 5) is 13.0. The summed E-state index contributed by atoms with van der Waals surface area (Å²) < 4.78 is 16.7. The average molecular weight is 380 g/mol. The van der Waals surface area contributed by atoms with E-state index >= 15 is 0 Å². The van der Waals surface area contributed by atoms with Gasteiger partial charge in [-0.2, -0.15) is 5.26 Å². The van der Waals surface area contributed by atoms with Gasteiger partial charge in [-0.25, -0.2) is 0 Å². The molecule has 3 rings (SSSR count). The quantitative estimate of drug-likeness (QED) is 0.775. The van der Waals surface area contributed by atoms with Crippen LogP contribution in [0.25, 0.3) is 0 Å². The Hall–Kier alpha value is -3.07. The Balaban J connectivity index is 2.11. The number of allylic oxidation sites excluding steroid dienone is 2. The van der Waals surface area contributed by atoms with Crippen molar-refractivity contribution in [1.29, 1.82) is 10.7 Å². The minimum absolute atomic E-state index is 0.0325. The average Bonchev–Trinajstić information content (AvgIpc) is 2.64. The molecule has 0 bridgehead atoms. The van der Waals surface area contributed by atoms with E-state index in [1.54, 1.807) is 18.2 Å². The lowest BCUT2D eigenvalue weighted by atomic mass is 9.68. The molecule has 0 radical (unpaired) electrons. The van der Waals surface area contributed by atoms with Gasteiger partial charge in [0.1, 0.15) is 18.3 Å². The van der Waals surface area contributed by atoms with E-state index in [-0.39, 0.29) is 17.1 Å². The van der Waals surface area contributed by atoms with Gasteiger partial charge < -0.3 is 14.2 Å². The first-order valence-corrected chi connectivity index (χ1v) is 9.15. The first kappa shape index (κ1) is 19.7. The lowest BCUT2D eigenvalue weighted by Gasteiger charge is -2.39. The minimum Gasteiger partial charge on any atom is -0.493 e. The van der Waals surface area contributed by atoms with Gasteiger partial charge in [-0.1, -0.05) is 32.6 Å². The molecular formula is C22H24N2O4. The molecule has 2 aliphatic rings. The van der Waals surface area contributed by atoms with Gasteiger partial charge in [0.15, 0.2) is 17.3 Å². The van der Waals surface area contributed by atoms with Crippen LogP contribution < -0.4 is 9.47 Å². The van der Waals surface area contributed by atoms with E-state index < -0.39 is 11.8 Å². The highest BCUT2D eigenvalue weighted by atomic mass is 16.5. The van der Waals surface area contributed by atoms with Crippen molar-refractivity contribution >= 4 is 11.7 Å². The monoisotopic (exact) mass is 380 g/mol. The fourth-order valence-electron chi connectivity index (χ4n) is 3.87. The molecule has 1 aromatic carbocycles. The summed E-state index contributed by atoms with van der Waals surface area (Å²) >= 11 is 0. The van der Waals surface area contributed by atoms with Gasteiger partial charge in [0.25, 0.3) is 0 Å². The smallest absolute Gasteiger partial charge is 0.205 e. The van der Waals surface area contributed by atoms with Crippen LogP contribution in [0.2, 0.25) is 0 Å². The molecule has 2 atom stereocenters. The number of Topliss-reactive ketones (excluding diaryl/α,β-unsaturated/α-hetero) is 1. The normalized spacial score (nSPS) is 23.4. The van der Waals surface area contributed by atoms with Crippen molar-refractivity contribution in [2.24, 2.45) is 11.3 Å². The van der Waals surface area contributed by atoms with Gasteiger partial charge in [0.2, 0.25) is 5.90 Å². The maximum Gasteiger partial charge on any atom is 0.205 e. The van der Waals surface area contributed by atoms with Crippen LogP contribution in [0.5, 0.6) is 11.5 Å². The number of ketones is 1. The maximum absolute atomic E-state index is 13.0. The van der Waals surface area contributed by atoms with Crippen LogP contribution in [0, 0.1) is 28.1 Å². The molecule has 0 amide bonds. The zero-order valence-electron chi connectivity index (χ0n) is 16.4. The van der Waals surface area contributed by atoms with Gasteiger partial charge in [-0.3, -0.25) is 10.2 Å². The van der Waals surface area contributed by atoms with E-state index in [4.69, 9.17) is 19.6 Å². The Morgan fingerprint density at radius 2 is 2.14 bits per heavy atom.